The van der Waals surface area contributed by atoms with Crippen LogP contribution in [0.4, 0.5) is 0 Å². The second-order valence-electron chi connectivity index (χ2n) is 5.87. The molecule has 0 spiro atoms. The molecule has 0 aliphatic carbocycles. The Kier molecular flexibility index (Phi) is 8.54. The van der Waals surface area contributed by atoms with E-state index < -0.39 is 6.10 Å². The van der Waals surface area contributed by atoms with Gasteiger partial charge in [-0.1, -0.05) is 47.4 Å². The molecule has 0 heterocycles. The van der Waals surface area contributed by atoms with E-state index in [2.05, 4.69) is 38.8 Å². The molecule has 1 rings (SSSR count). The van der Waals surface area contributed by atoms with Crippen molar-refractivity contribution in [2.24, 2.45) is 0 Å². The zero-order chi connectivity index (χ0) is 17.1. The molecule has 2 heteroatoms. The molecule has 1 atom stereocenters. The summed E-state index contributed by atoms with van der Waals surface area (Å²) in [6, 6.07) is 8.92. The molecule has 1 aromatic rings. The van der Waals surface area contributed by atoms with Crippen LogP contribution in [0, 0.1) is 12.3 Å². The maximum absolute atomic E-state index is 12.0. The molecule has 0 radical (unpaired) electrons. The van der Waals surface area contributed by atoms with E-state index >= 15 is 0 Å². The second-order valence-corrected chi connectivity index (χ2v) is 5.87. The fourth-order valence-corrected chi connectivity index (χ4v) is 2.12. The Bertz CT molecular complexity index is 584. The summed E-state index contributed by atoms with van der Waals surface area (Å²) in [6.45, 7) is 6.34. The highest BCUT2D eigenvalue weighted by Gasteiger charge is 2.12. The van der Waals surface area contributed by atoms with Crippen LogP contribution in [0.2, 0.25) is 0 Å². The number of allylic oxidation sites excluding steroid dienone is 4. The van der Waals surface area contributed by atoms with Crippen LogP contribution in [0.5, 0.6) is 0 Å². The molecule has 1 aromatic carbocycles. The Balaban J connectivity index is 2.41. The fourth-order valence-electron chi connectivity index (χ4n) is 2.12. The van der Waals surface area contributed by atoms with Gasteiger partial charge < -0.3 is 4.74 Å². The maximum Gasteiger partial charge on any atom is 0.339 e. The summed E-state index contributed by atoms with van der Waals surface area (Å²) in [7, 11) is 0. The van der Waals surface area contributed by atoms with Crippen LogP contribution < -0.4 is 0 Å². The van der Waals surface area contributed by atoms with E-state index in [1.165, 1.54) is 11.1 Å². The first-order valence-electron chi connectivity index (χ1n) is 8.04. The van der Waals surface area contributed by atoms with Gasteiger partial charge in [-0.25, -0.2) is 4.79 Å². The van der Waals surface area contributed by atoms with Crippen molar-refractivity contribution in [2.45, 2.75) is 52.6 Å². The summed E-state index contributed by atoms with van der Waals surface area (Å²) < 4.78 is 5.37. The van der Waals surface area contributed by atoms with E-state index in [0.29, 0.717) is 12.0 Å². The summed E-state index contributed by atoms with van der Waals surface area (Å²) in [5.41, 5.74) is 3.21. The van der Waals surface area contributed by atoms with Crippen molar-refractivity contribution < 1.29 is 9.53 Å². The van der Waals surface area contributed by atoms with Gasteiger partial charge in [0.1, 0.15) is 0 Å². The van der Waals surface area contributed by atoms with Gasteiger partial charge in [0.2, 0.25) is 0 Å². The van der Waals surface area contributed by atoms with Crippen LogP contribution in [0.1, 0.15) is 56.8 Å². The molecular weight excluding hydrogens is 284 g/mol. The summed E-state index contributed by atoms with van der Waals surface area (Å²) in [5, 5.41) is 0. The van der Waals surface area contributed by atoms with Crippen molar-refractivity contribution in [2.75, 3.05) is 0 Å². The van der Waals surface area contributed by atoms with Crippen molar-refractivity contribution in [3.05, 3.63) is 59.2 Å². The minimum absolute atomic E-state index is 0.363. The molecule has 0 N–H and O–H groups in total. The molecule has 0 saturated heterocycles. The van der Waals surface area contributed by atoms with Crippen molar-refractivity contribution >= 4 is 5.97 Å². The quantitative estimate of drug-likeness (QED) is 0.369. The van der Waals surface area contributed by atoms with Gasteiger partial charge in [-0.2, -0.15) is 0 Å². The highest BCUT2D eigenvalue weighted by molar-refractivity contribution is 5.89. The van der Waals surface area contributed by atoms with E-state index in [1.54, 1.807) is 24.3 Å². The number of esters is 1. The van der Waals surface area contributed by atoms with Crippen LogP contribution in [-0.4, -0.2) is 12.1 Å². The van der Waals surface area contributed by atoms with Gasteiger partial charge in [0.25, 0.3) is 0 Å². The molecule has 1 unspecified atom stereocenters. The van der Waals surface area contributed by atoms with Crippen LogP contribution in [0.25, 0.3) is 0 Å². The predicted molar refractivity (Wildman–Crippen MR) is 96.1 cm³/mol. The number of ether oxygens (including phenoxy) is 1. The van der Waals surface area contributed by atoms with Gasteiger partial charge in [0.05, 0.1) is 5.56 Å². The summed E-state index contributed by atoms with van der Waals surface area (Å²) in [4.78, 5) is 12.0. The van der Waals surface area contributed by atoms with Crippen LogP contribution in [0.15, 0.2) is 53.6 Å². The Hall–Kier alpha value is -2.27. The average Bonchev–Trinajstić information content (AvgIpc) is 2.54. The molecule has 0 aromatic heterocycles. The molecule has 0 saturated carbocycles. The molecule has 0 aliphatic heterocycles. The Morgan fingerprint density at radius 1 is 1.17 bits per heavy atom. The van der Waals surface area contributed by atoms with Crippen molar-refractivity contribution in [3.63, 3.8) is 0 Å². The normalized spacial score (nSPS) is 12.2. The van der Waals surface area contributed by atoms with Gasteiger partial charge in [0, 0.05) is 0 Å². The Morgan fingerprint density at radius 2 is 1.87 bits per heavy atom. The maximum atomic E-state index is 12.0. The molecular formula is C21H26O2. The lowest BCUT2D eigenvalue weighted by Crippen LogP contribution is -2.16. The standard InChI is InChI=1S/C21H26O2/c1-5-20(23-21(22)19-14-7-6-8-15-19)16-10-13-18(4)12-9-11-17(2)3/h1,6-8,11,13-15,20H,9-10,12,16H2,2-4H3/b18-13+. The number of carbonyl (C=O) groups excluding carboxylic acids is 1. The third-order valence-electron chi connectivity index (χ3n) is 3.46. The van der Waals surface area contributed by atoms with Gasteiger partial charge in [0.15, 0.2) is 6.10 Å². The first-order valence-corrected chi connectivity index (χ1v) is 8.04. The zero-order valence-electron chi connectivity index (χ0n) is 14.3. The first kappa shape index (κ1) is 18.8. The van der Waals surface area contributed by atoms with Crippen molar-refractivity contribution in [3.8, 4) is 12.3 Å². The molecule has 0 amide bonds. The summed E-state index contributed by atoms with van der Waals surface area (Å²) in [6.07, 6.45) is 13.0. The third kappa shape index (κ3) is 8.07. The number of terminal acetylenes is 1. The van der Waals surface area contributed by atoms with Crippen LogP contribution >= 0.6 is 0 Å². The molecule has 0 fully saturated rings. The van der Waals surface area contributed by atoms with Crippen LogP contribution in [0.3, 0.4) is 0 Å². The minimum atomic E-state index is -0.482. The molecule has 0 bridgehead atoms. The summed E-state index contributed by atoms with van der Waals surface area (Å²) >= 11 is 0. The Morgan fingerprint density at radius 3 is 2.48 bits per heavy atom. The molecule has 23 heavy (non-hydrogen) atoms. The van der Waals surface area contributed by atoms with Crippen molar-refractivity contribution in [1.29, 1.82) is 0 Å². The number of carbonyl (C=O) groups is 1. The second kappa shape index (κ2) is 10.5. The van der Waals surface area contributed by atoms with Crippen molar-refractivity contribution in [1.82, 2.24) is 0 Å². The zero-order valence-corrected chi connectivity index (χ0v) is 14.3. The van der Waals surface area contributed by atoms with Gasteiger partial charge in [-0.15, -0.1) is 6.42 Å². The van der Waals surface area contributed by atoms with E-state index in [9.17, 15) is 4.79 Å². The first-order chi connectivity index (χ1) is 11.0. The topological polar surface area (TPSA) is 26.3 Å². The van der Waals surface area contributed by atoms with Gasteiger partial charge >= 0.3 is 5.97 Å². The monoisotopic (exact) mass is 310 g/mol. The highest BCUT2D eigenvalue weighted by atomic mass is 16.5. The molecule has 0 aliphatic rings. The highest BCUT2D eigenvalue weighted by Crippen LogP contribution is 2.12. The Labute approximate surface area is 140 Å². The lowest BCUT2D eigenvalue weighted by atomic mass is 10.1. The van der Waals surface area contributed by atoms with E-state index in [1.807, 2.05) is 6.07 Å². The van der Waals surface area contributed by atoms with E-state index in [4.69, 9.17) is 11.2 Å². The minimum Gasteiger partial charge on any atom is -0.446 e. The largest absolute Gasteiger partial charge is 0.446 e. The molecule has 2 nitrogen and oxygen atoms in total. The lowest BCUT2D eigenvalue weighted by molar-refractivity contribution is 0.0399. The van der Waals surface area contributed by atoms with Gasteiger partial charge in [-0.3, -0.25) is 0 Å². The van der Waals surface area contributed by atoms with E-state index in [-0.39, 0.29) is 5.97 Å². The number of rotatable bonds is 8. The summed E-state index contributed by atoms with van der Waals surface area (Å²) in [5.74, 6) is 2.19. The number of benzene rings is 1. The molecule has 122 valence electrons. The van der Waals surface area contributed by atoms with E-state index in [0.717, 1.165) is 19.3 Å². The van der Waals surface area contributed by atoms with Crippen LogP contribution in [-0.2, 0) is 4.74 Å². The smallest absolute Gasteiger partial charge is 0.339 e. The average molecular weight is 310 g/mol. The van der Waals surface area contributed by atoms with Gasteiger partial charge in [-0.05, 0) is 58.6 Å². The predicted octanol–water partition coefficient (Wildman–Crippen LogP) is 5.32. The third-order valence-corrected chi connectivity index (χ3v) is 3.46. The fraction of sp³-hybridized carbons (Fsp3) is 0.381. The number of hydrogen-bond donors (Lipinski definition) is 0. The number of hydrogen-bond acceptors (Lipinski definition) is 2. The lowest BCUT2D eigenvalue weighted by Gasteiger charge is -2.11. The SMILES string of the molecule is C#CC(CC/C=C(\C)CCC=C(C)C)OC(=O)c1ccccc1.